The molecule has 1 saturated heterocycles. The molecule has 2 aromatic rings. The number of ether oxygens (including phenoxy) is 1. The highest BCUT2D eigenvalue weighted by atomic mass is 19.1. The van der Waals surface area contributed by atoms with E-state index < -0.39 is 0 Å². The second-order valence-corrected chi connectivity index (χ2v) is 6.93. The van der Waals surface area contributed by atoms with Gasteiger partial charge in [0, 0.05) is 23.7 Å². The predicted octanol–water partition coefficient (Wildman–Crippen LogP) is 3.85. The molecule has 148 valence electrons. The Labute approximate surface area is 164 Å². The van der Waals surface area contributed by atoms with Crippen molar-refractivity contribution >= 4 is 17.6 Å². The quantitative estimate of drug-likeness (QED) is 0.769. The summed E-state index contributed by atoms with van der Waals surface area (Å²) < 4.78 is 18.7. The Kier molecular flexibility index (Phi) is 6.76. The molecule has 3 rings (SSSR count). The molecular weight excluding hydrogens is 359 g/mol. The summed E-state index contributed by atoms with van der Waals surface area (Å²) in [4.78, 5) is 26.4. The third kappa shape index (κ3) is 5.16. The molecule has 1 aliphatic rings. The Morgan fingerprint density at radius 3 is 2.43 bits per heavy atom. The molecule has 1 fully saturated rings. The molecule has 2 aromatic carbocycles. The minimum atomic E-state index is -0.373. The number of hydrogen-bond donors (Lipinski definition) is 1. The highest BCUT2D eigenvalue weighted by Crippen LogP contribution is 2.22. The zero-order valence-electron chi connectivity index (χ0n) is 16.0. The van der Waals surface area contributed by atoms with E-state index in [9.17, 15) is 14.0 Å². The molecule has 1 amide bonds. The second-order valence-electron chi connectivity index (χ2n) is 6.93. The van der Waals surface area contributed by atoms with Crippen LogP contribution in [-0.4, -0.2) is 36.5 Å². The van der Waals surface area contributed by atoms with Crippen molar-refractivity contribution < 1.29 is 18.7 Å². The van der Waals surface area contributed by atoms with Gasteiger partial charge in [-0.2, -0.15) is 0 Å². The topological polar surface area (TPSA) is 58.6 Å². The van der Waals surface area contributed by atoms with E-state index in [0.717, 1.165) is 25.9 Å². The molecule has 0 spiro atoms. The fraction of sp³-hybridized carbons (Fsp3) is 0.364. The number of carbonyl (C=O) groups excluding carboxylic acids is 2. The summed E-state index contributed by atoms with van der Waals surface area (Å²) in [5, 5.41) is 2.91. The number of amides is 1. The third-order valence-electron chi connectivity index (χ3n) is 4.97. The molecule has 0 unspecified atom stereocenters. The van der Waals surface area contributed by atoms with Crippen LogP contribution in [0.15, 0.2) is 48.5 Å². The predicted molar refractivity (Wildman–Crippen MR) is 105 cm³/mol. The van der Waals surface area contributed by atoms with Gasteiger partial charge in [0.25, 0.3) is 0 Å². The summed E-state index contributed by atoms with van der Waals surface area (Å²) in [5.74, 6) is -0.646. The Balaban J connectivity index is 1.48. The van der Waals surface area contributed by atoms with E-state index >= 15 is 0 Å². The highest BCUT2D eigenvalue weighted by molar-refractivity contribution is 5.94. The Bertz CT molecular complexity index is 815. The monoisotopic (exact) mass is 384 g/mol. The maximum Gasteiger partial charge on any atom is 0.338 e. The van der Waals surface area contributed by atoms with Gasteiger partial charge in [0.2, 0.25) is 5.91 Å². The van der Waals surface area contributed by atoms with Crippen LogP contribution in [0.3, 0.4) is 0 Å². The molecule has 0 radical (unpaired) electrons. The van der Waals surface area contributed by atoms with E-state index in [1.165, 1.54) is 6.07 Å². The minimum Gasteiger partial charge on any atom is -0.462 e. The van der Waals surface area contributed by atoms with E-state index in [2.05, 4.69) is 10.2 Å². The molecule has 1 heterocycles. The third-order valence-corrected chi connectivity index (χ3v) is 4.97. The van der Waals surface area contributed by atoms with Gasteiger partial charge in [-0.05, 0) is 63.2 Å². The van der Waals surface area contributed by atoms with Gasteiger partial charge in [0.05, 0.1) is 12.2 Å². The highest BCUT2D eigenvalue weighted by Gasteiger charge is 2.25. The van der Waals surface area contributed by atoms with E-state index in [-0.39, 0.29) is 23.6 Å². The number of hydrogen-bond acceptors (Lipinski definition) is 4. The number of carbonyl (C=O) groups is 2. The molecule has 5 nitrogen and oxygen atoms in total. The van der Waals surface area contributed by atoms with Crippen LogP contribution >= 0.6 is 0 Å². The lowest BCUT2D eigenvalue weighted by Crippen LogP contribution is -2.37. The van der Waals surface area contributed by atoms with Crippen LogP contribution in [0.2, 0.25) is 0 Å². The van der Waals surface area contributed by atoms with Gasteiger partial charge in [-0.15, -0.1) is 0 Å². The molecule has 1 N–H and O–H groups in total. The van der Waals surface area contributed by atoms with E-state index in [1.807, 2.05) is 6.07 Å². The van der Waals surface area contributed by atoms with Gasteiger partial charge in [0.1, 0.15) is 5.82 Å². The molecule has 0 bridgehead atoms. The fourth-order valence-corrected chi connectivity index (χ4v) is 3.37. The van der Waals surface area contributed by atoms with Crippen molar-refractivity contribution in [2.45, 2.75) is 26.3 Å². The van der Waals surface area contributed by atoms with Crippen LogP contribution in [0.1, 0.15) is 35.7 Å². The van der Waals surface area contributed by atoms with Gasteiger partial charge in [0.15, 0.2) is 0 Å². The summed E-state index contributed by atoms with van der Waals surface area (Å²) in [6.45, 7) is 4.17. The zero-order chi connectivity index (χ0) is 19.9. The van der Waals surface area contributed by atoms with E-state index in [0.29, 0.717) is 30.0 Å². The maximum absolute atomic E-state index is 13.8. The molecule has 0 aliphatic carbocycles. The van der Waals surface area contributed by atoms with Crippen molar-refractivity contribution in [1.29, 1.82) is 0 Å². The fourth-order valence-electron chi connectivity index (χ4n) is 3.37. The summed E-state index contributed by atoms with van der Waals surface area (Å²) in [5.41, 5.74) is 1.81. The number of piperidine rings is 1. The number of nitrogens with zero attached hydrogens (tertiary/aromatic N) is 1. The average Bonchev–Trinajstić information content (AvgIpc) is 2.71. The van der Waals surface area contributed by atoms with Gasteiger partial charge in [-0.3, -0.25) is 9.69 Å². The molecule has 0 aromatic heterocycles. The van der Waals surface area contributed by atoms with Crippen molar-refractivity contribution in [3.63, 3.8) is 0 Å². The summed E-state index contributed by atoms with van der Waals surface area (Å²) in [6.07, 6.45) is 1.47. The van der Waals surface area contributed by atoms with Crippen molar-refractivity contribution in [3.8, 4) is 0 Å². The molecule has 0 saturated carbocycles. The van der Waals surface area contributed by atoms with Gasteiger partial charge in [-0.25, -0.2) is 9.18 Å². The molecule has 28 heavy (non-hydrogen) atoms. The lowest BCUT2D eigenvalue weighted by molar-refractivity contribution is -0.121. The Morgan fingerprint density at radius 2 is 1.79 bits per heavy atom. The van der Waals surface area contributed by atoms with Crippen LogP contribution in [0.25, 0.3) is 0 Å². The van der Waals surface area contributed by atoms with Crippen LogP contribution in [-0.2, 0) is 16.1 Å². The second kappa shape index (κ2) is 9.46. The first-order valence-corrected chi connectivity index (χ1v) is 9.60. The lowest BCUT2D eigenvalue weighted by Gasteiger charge is -2.31. The maximum atomic E-state index is 13.8. The molecule has 6 heteroatoms. The first-order valence-electron chi connectivity index (χ1n) is 9.60. The van der Waals surface area contributed by atoms with Crippen LogP contribution in [0.4, 0.5) is 10.1 Å². The van der Waals surface area contributed by atoms with E-state index in [1.54, 1.807) is 43.3 Å². The number of anilines is 1. The molecular formula is C22H25FN2O3. The smallest absolute Gasteiger partial charge is 0.338 e. The number of benzene rings is 2. The summed E-state index contributed by atoms with van der Waals surface area (Å²) >= 11 is 0. The zero-order valence-corrected chi connectivity index (χ0v) is 16.0. The lowest BCUT2D eigenvalue weighted by atomic mass is 9.95. The van der Waals surface area contributed by atoms with Gasteiger partial charge in [-0.1, -0.05) is 18.2 Å². The van der Waals surface area contributed by atoms with Crippen LogP contribution < -0.4 is 5.32 Å². The average molecular weight is 384 g/mol. The van der Waals surface area contributed by atoms with Crippen molar-refractivity contribution in [1.82, 2.24) is 4.90 Å². The molecule has 0 atom stereocenters. The molecule has 1 aliphatic heterocycles. The van der Waals surface area contributed by atoms with Gasteiger partial charge >= 0.3 is 5.97 Å². The standard InChI is InChI=1S/C22H25FN2O3/c1-2-28-22(27)17-7-9-19(10-8-17)24-21(26)16-11-13-25(14-12-16)15-18-5-3-4-6-20(18)23/h3-10,16H,2,11-15H2,1H3,(H,24,26). The first-order chi connectivity index (χ1) is 13.6. The van der Waals surface area contributed by atoms with Crippen molar-refractivity contribution in [2.75, 3.05) is 25.0 Å². The first kappa shape index (κ1) is 20.0. The number of nitrogens with one attached hydrogen (secondary N) is 1. The number of esters is 1. The number of rotatable bonds is 6. The largest absolute Gasteiger partial charge is 0.462 e. The number of likely N-dealkylation sites (tertiary alicyclic amines) is 1. The normalized spacial score (nSPS) is 15.2. The summed E-state index contributed by atoms with van der Waals surface area (Å²) in [7, 11) is 0. The Hall–Kier alpha value is -2.73. The van der Waals surface area contributed by atoms with Crippen molar-refractivity contribution in [2.24, 2.45) is 5.92 Å². The SMILES string of the molecule is CCOC(=O)c1ccc(NC(=O)C2CCN(Cc3ccccc3F)CC2)cc1. The van der Waals surface area contributed by atoms with Crippen molar-refractivity contribution in [3.05, 3.63) is 65.5 Å². The van der Waals surface area contributed by atoms with Gasteiger partial charge < -0.3 is 10.1 Å². The van der Waals surface area contributed by atoms with E-state index in [4.69, 9.17) is 4.74 Å². The summed E-state index contributed by atoms with van der Waals surface area (Å²) in [6, 6.07) is 13.5. The minimum absolute atomic E-state index is 0.0190. The van der Waals surface area contributed by atoms with Crippen LogP contribution in [0, 0.1) is 11.7 Å². The number of halogens is 1. The Morgan fingerprint density at radius 1 is 1.11 bits per heavy atom. The van der Waals surface area contributed by atoms with Crippen LogP contribution in [0.5, 0.6) is 0 Å².